The molecule has 114 valence electrons. The van der Waals surface area contributed by atoms with Gasteiger partial charge in [-0.05, 0) is 38.1 Å². The van der Waals surface area contributed by atoms with Crippen LogP contribution in [-0.4, -0.2) is 18.2 Å². The minimum atomic E-state index is 0.106. The van der Waals surface area contributed by atoms with Gasteiger partial charge in [-0.25, -0.2) is 0 Å². The normalized spacial score (nSPS) is 13.6. The van der Waals surface area contributed by atoms with Gasteiger partial charge in [0.1, 0.15) is 11.9 Å². The molecule has 2 nitrogen and oxygen atoms in total. The monoisotopic (exact) mass is 285 g/mol. The van der Waals surface area contributed by atoms with Crippen molar-refractivity contribution in [3.8, 4) is 5.75 Å². The van der Waals surface area contributed by atoms with Crippen molar-refractivity contribution in [1.82, 2.24) is 5.32 Å². The fourth-order valence-corrected chi connectivity index (χ4v) is 2.28. The van der Waals surface area contributed by atoms with Crippen LogP contribution in [0.2, 0.25) is 0 Å². The molecule has 0 fully saturated rings. The van der Waals surface area contributed by atoms with Crippen LogP contribution in [0.1, 0.15) is 34.6 Å². The quantitative estimate of drug-likeness (QED) is 0.864. The van der Waals surface area contributed by atoms with Crippen molar-refractivity contribution in [3.05, 3.63) is 42.5 Å². The highest BCUT2D eigenvalue weighted by atomic mass is 16.5. The summed E-state index contributed by atoms with van der Waals surface area (Å²) in [7, 11) is 0. The highest BCUT2D eigenvalue weighted by Gasteiger charge is 2.19. The fraction of sp³-hybridized carbons (Fsp3) is 0.474. The second-order valence-electron chi connectivity index (χ2n) is 7.01. The first kappa shape index (κ1) is 15.8. The molecule has 0 saturated heterocycles. The van der Waals surface area contributed by atoms with E-state index in [1.165, 1.54) is 10.8 Å². The maximum atomic E-state index is 6.32. The van der Waals surface area contributed by atoms with E-state index in [2.05, 4.69) is 82.4 Å². The Balaban J connectivity index is 2.19. The van der Waals surface area contributed by atoms with Crippen molar-refractivity contribution in [2.24, 2.45) is 5.92 Å². The molecule has 2 rings (SSSR count). The summed E-state index contributed by atoms with van der Waals surface area (Å²) in [5.74, 6) is 1.43. The van der Waals surface area contributed by atoms with Crippen LogP contribution in [-0.2, 0) is 0 Å². The average Bonchev–Trinajstić information content (AvgIpc) is 2.42. The summed E-state index contributed by atoms with van der Waals surface area (Å²) in [4.78, 5) is 0. The molecule has 2 heteroatoms. The highest BCUT2D eigenvalue weighted by Crippen LogP contribution is 2.27. The van der Waals surface area contributed by atoms with Crippen LogP contribution >= 0.6 is 0 Å². The molecule has 0 saturated carbocycles. The predicted molar refractivity (Wildman–Crippen MR) is 91.0 cm³/mol. The lowest BCUT2D eigenvalue weighted by Gasteiger charge is -2.28. The van der Waals surface area contributed by atoms with E-state index in [1.807, 2.05) is 0 Å². The minimum Gasteiger partial charge on any atom is -0.488 e. The Morgan fingerprint density at radius 2 is 1.67 bits per heavy atom. The van der Waals surface area contributed by atoms with Crippen molar-refractivity contribution in [2.45, 2.75) is 46.3 Å². The van der Waals surface area contributed by atoms with Gasteiger partial charge in [-0.15, -0.1) is 0 Å². The average molecular weight is 285 g/mol. The molecule has 0 aliphatic carbocycles. The van der Waals surface area contributed by atoms with E-state index in [0.717, 1.165) is 12.3 Å². The first-order valence-corrected chi connectivity index (χ1v) is 7.76. The summed E-state index contributed by atoms with van der Waals surface area (Å²) >= 11 is 0. The minimum absolute atomic E-state index is 0.106. The van der Waals surface area contributed by atoms with E-state index < -0.39 is 0 Å². The molecule has 0 aromatic heterocycles. The number of rotatable bonds is 5. The van der Waals surface area contributed by atoms with E-state index in [0.29, 0.717) is 5.92 Å². The molecule has 21 heavy (non-hydrogen) atoms. The van der Waals surface area contributed by atoms with Crippen LogP contribution in [0.5, 0.6) is 5.75 Å². The van der Waals surface area contributed by atoms with Crippen LogP contribution in [0.4, 0.5) is 0 Å². The number of hydrogen-bond donors (Lipinski definition) is 1. The van der Waals surface area contributed by atoms with Gasteiger partial charge in [0.15, 0.2) is 0 Å². The van der Waals surface area contributed by atoms with Crippen LogP contribution in [0, 0.1) is 5.92 Å². The van der Waals surface area contributed by atoms with Gasteiger partial charge in [0, 0.05) is 17.5 Å². The van der Waals surface area contributed by atoms with E-state index in [4.69, 9.17) is 4.74 Å². The van der Waals surface area contributed by atoms with Gasteiger partial charge < -0.3 is 10.1 Å². The maximum absolute atomic E-state index is 6.32. The van der Waals surface area contributed by atoms with Crippen LogP contribution in [0.3, 0.4) is 0 Å². The molecule has 2 aromatic carbocycles. The molecule has 0 bridgehead atoms. The first-order valence-electron chi connectivity index (χ1n) is 7.76. The highest BCUT2D eigenvalue weighted by molar-refractivity contribution is 5.88. The fourth-order valence-electron chi connectivity index (χ4n) is 2.28. The van der Waals surface area contributed by atoms with Gasteiger partial charge >= 0.3 is 0 Å². The largest absolute Gasteiger partial charge is 0.488 e. The van der Waals surface area contributed by atoms with Crippen LogP contribution < -0.4 is 10.1 Å². The zero-order valence-corrected chi connectivity index (χ0v) is 13.8. The standard InChI is InChI=1S/C19H27NO/c1-14(2)18(13-20-19(3,4)5)21-17-12-8-10-15-9-6-7-11-16(15)17/h6-12,14,18,20H,13H2,1-5H3. The molecule has 0 heterocycles. The van der Waals surface area contributed by atoms with Crippen molar-refractivity contribution in [3.63, 3.8) is 0 Å². The van der Waals surface area contributed by atoms with Gasteiger partial charge in [0.25, 0.3) is 0 Å². The molecular weight excluding hydrogens is 258 g/mol. The summed E-state index contributed by atoms with van der Waals surface area (Å²) < 4.78 is 6.32. The van der Waals surface area contributed by atoms with Gasteiger partial charge in [-0.3, -0.25) is 0 Å². The lowest BCUT2D eigenvalue weighted by atomic mass is 10.0. The molecule has 1 unspecified atom stereocenters. The Kier molecular flexibility index (Phi) is 4.89. The van der Waals surface area contributed by atoms with E-state index in [-0.39, 0.29) is 11.6 Å². The van der Waals surface area contributed by atoms with Crippen molar-refractivity contribution < 1.29 is 4.74 Å². The maximum Gasteiger partial charge on any atom is 0.127 e. The van der Waals surface area contributed by atoms with Crippen molar-refractivity contribution in [1.29, 1.82) is 0 Å². The third kappa shape index (κ3) is 4.47. The predicted octanol–water partition coefficient (Wildman–Crippen LogP) is 4.63. The summed E-state index contributed by atoms with van der Waals surface area (Å²) in [6.45, 7) is 11.8. The third-order valence-electron chi connectivity index (χ3n) is 3.61. The van der Waals surface area contributed by atoms with Crippen LogP contribution in [0.15, 0.2) is 42.5 Å². The summed E-state index contributed by atoms with van der Waals surface area (Å²) in [5.41, 5.74) is 0.106. The molecule has 0 amide bonds. The second kappa shape index (κ2) is 6.48. The number of nitrogens with one attached hydrogen (secondary N) is 1. The van der Waals surface area contributed by atoms with Gasteiger partial charge in [0.05, 0.1) is 0 Å². The van der Waals surface area contributed by atoms with Crippen molar-refractivity contribution in [2.75, 3.05) is 6.54 Å². The van der Waals surface area contributed by atoms with E-state index >= 15 is 0 Å². The zero-order valence-electron chi connectivity index (χ0n) is 13.8. The summed E-state index contributed by atoms with van der Waals surface area (Å²) in [6, 6.07) is 14.6. The first-order chi connectivity index (χ1) is 9.87. The zero-order chi connectivity index (χ0) is 15.5. The number of fused-ring (bicyclic) bond motifs is 1. The summed E-state index contributed by atoms with van der Waals surface area (Å²) in [6.07, 6.45) is 0.162. The molecule has 0 aliphatic heterocycles. The van der Waals surface area contributed by atoms with Crippen molar-refractivity contribution >= 4 is 10.8 Å². The Hall–Kier alpha value is -1.54. The molecule has 0 spiro atoms. The Morgan fingerprint density at radius 1 is 1.00 bits per heavy atom. The third-order valence-corrected chi connectivity index (χ3v) is 3.61. The van der Waals surface area contributed by atoms with Gasteiger partial charge in [0.2, 0.25) is 0 Å². The number of ether oxygens (including phenoxy) is 1. The van der Waals surface area contributed by atoms with Crippen LogP contribution in [0.25, 0.3) is 10.8 Å². The topological polar surface area (TPSA) is 21.3 Å². The molecule has 0 aliphatic rings. The van der Waals surface area contributed by atoms with Gasteiger partial charge in [-0.2, -0.15) is 0 Å². The second-order valence-corrected chi connectivity index (χ2v) is 7.01. The smallest absolute Gasteiger partial charge is 0.127 e. The Labute approximate surface area is 128 Å². The molecule has 1 atom stereocenters. The lowest BCUT2D eigenvalue weighted by Crippen LogP contribution is -2.44. The van der Waals surface area contributed by atoms with Gasteiger partial charge in [-0.1, -0.05) is 50.2 Å². The summed E-state index contributed by atoms with van der Waals surface area (Å²) in [5, 5.41) is 5.95. The lowest BCUT2D eigenvalue weighted by molar-refractivity contribution is 0.141. The molecule has 2 aromatic rings. The van der Waals surface area contributed by atoms with E-state index in [9.17, 15) is 0 Å². The Morgan fingerprint density at radius 3 is 2.33 bits per heavy atom. The number of hydrogen-bond acceptors (Lipinski definition) is 2. The molecule has 1 N–H and O–H groups in total. The van der Waals surface area contributed by atoms with E-state index in [1.54, 1.807) is 0 Å². The number of benzene rings is 2. The molecular formula is C19H27NO. The Bertz CT molecular complexity index is 578. The SMILES string of the molecule is CC(C)C(CNC(C)(C)C)Oc1cccc2ccccc12. The molecule has 0 radical (unpaired) electrons.